The van der Waals surface area contributed by atoms with E-state index in [4.69, 9.17) is 0 Å². The number of nitrogens with zero attached hydrogens (tertiary/aromatic N) is 2. The van der Waals surface area contributed by atoms with Gasteiger partial charge in [-0.15, -0.1) is 0 Å². The summed E-state index contributed by atoms with van der Waals surface area (Å²) >= 11 is 0. The minimum absolute atomic E-state index is 0.0808. The molecule has 2 aliphatic rings. The van der Waals surface area contributed by atoms with Gasteiger partial charge in [0, 0.05) is 33.7 Å². The van der Waals surface area contributed by atoms with Gasteiger partial charge < -0.3 is 5.32 Å². The molecule has 1 N–H and O–H groups in total. The maximum absolute atomic E-state index is 11.8. The van der Waals surface area contributed by atoms with E-state index in [1.54, 1.807) is 0 Å². The number of nitrogens with one attached hydrogen (secondary N) is 1. The van der Waals surface area contributed by atoms with Gasteiger partial charge in [-0.25, -0.2) is 10.0 Å². The number of hydrogen-bond acceptors (Lipinski definition) is 3. The normalized spacial score (nSPS) is 34.1. The van der Waals surface area contributed by atoms with Crippen molar-refractivity contribution in [3.8, 4) is 0 Å². The monoisotopic (exact) mass is 197 g/mol. The standard InChI is InChI=1S/C10H19N3O/c1-12(2)13-7-3-4-10(8-13)5-6-11-9(10)14/h3-8H2,1-2H3,(H,11,14). The zero-order valence-electron chi connectivity index (χ0n) is 9.05. The number of carbonyl (C=O) groups excluding carboxylic acids is 1. The molecule has 2 saturated heterocycles. The van der Waals surface area contributed by atoms with Gasteiger partial charge >= 0.3 is 0 Å². The lowest BCUT2D eigenvalue weighted by molar-refractivity contribution is -0.135. The highest BCUT2D eigenvalue weighted by Gasteiger charge is 2.45. The number of hydrazine groups is 1. The molecule has 0 saturated carbocycles. The molecule has 0 aliphatic carbocycles. The third kappa shape index (κ3) is 1.53. The van der Waals surface area contributed by atoms with E-state index in [2.05, 4.69) is 15.3 Å². The van der Waals surface area contributed by atoms with Crippen molar-refractivity contribution < 1.29 is 4.79 Å². The molecule has 1 unspecified atom stereocenters. The van der Waals surface area contributed by atoms with Crippen LogP contribution in [0.4, 0.5) is 0 Å². The lowest BCUT2D eigenvalue weighted by Gasteiger charge is -2.41. The molecular weight excluding hydrogens is 178 g/mol. The molecule has 0 bridgehead atoms. The summed E-state index contributed by atoms with van der Waals surface area (Å²) in [5.41, 5.74) is -0.0808. The van der Waals surface area contributed by atoms with E-state index in [-0.39, 0.29) is 11.3 Å². The van der Waals surface area contributed by atoms with Gasteiger partial charge in [0.25, 0.3) is 0 Å². The van der Waals surface area contributed by atoms with Crippen molar-refractivity contribution in [1.82, 2.24) is 15.3 Å². The Morgan fingerprint density at radius 2 is 2.21 bits per heavy atom. The quantitative estimate of drug-likeness (QED) is 0.646. The SMILES string of the molecule is CN(C)N1CCCC2(CCNC2=O)C1. The molecule has 2 heterocycles. The summed E-state index contributed by atoms with van der Waals surface area (Å²) in [7, 11) is 4.09. The second-order valence-corrected chi connectivity index (χ2v) is 4.63. The minimum atomic E-state index is -0.0808. The van der Waals surface area contributed by atoms with Gasteiger partial charge in [0.05, 0.1) is 5.41 Å². The highest BCUT2D eigenvalue weighted by Crippen LogP contribution is 2.36. The van der Waals surface area contributed by atoms with Crippen LogP contribution in [0.3, 0.4) is 0 Å². The molecule has 4 nitrogen and oxygen atoms in total. The van der Waals surface area contributed by atoms with Gasteiger partial charge in [-0.2, -0.15) is 0 Å². The smallest absolute Gasteiger partial charge is 0.227 e. The number of carbonyl (C=O) groups is 1. The first-order valence-electron chi connectivity index (χ1n) is 5.35. The Balaban J connectivity index is 2.09. The Bertz CT molecular complexity index is 242. The van der Waals surface area contributed by atoms with Crippen LogP contribution >= 0.6 is 0 Å². The molecular formula is C10H19N3O. The second kappa shape index (κ2) is 3.51. The summed E-state index contributed by atoms with van der Waals surface area (Å²) < 4.78 is 0. The number of hydrogen-bond donors (Lipinski definition) is 1. The number of rotatable bonds is 1. The summed E-state index contributed by atoms with van der Waals surface area (Å²) in [4.78, 5) is 11.8. The summed E-state index contributed by atoms with van der Waals surface area (Å²) in [5, 5.41) is 7.33. The second-order valence-electron chi connectivity index (χ2n) is 4.63. The van der Waals surface area contributed by atoms with Crippen LogP contribution in [-0.4, -0.2) is 49.7 Å². The van der Waals surface area contributed by atoms with Gasteiger partial charge in [0.2, 0.25) is 5.91 Å². The highest BCUT2D eigenvalue weighted by molar-refractivity contribution is 5.85. The largest absolute Gasteiger partial charge is 0.356 e. The topological polar surface area (TPSA) is 35.6 Å². The molecule has 80 valence electrons. The zero-order chi connectivity index (χ0) is 10.2. The van der Waals surface area contributed by atoms with Gasteiger partial charge in [-0.3, -0.25) is 4.79 Å². The van der Waals surface area contributed by atoms with Gasteiger partial charge in [-0.05, 0) is 19.3 Å². The van der Waals surface area contributed by atoms with Crippen LogP contribution < -0.4 is 5.32 Å². The lowest BCUT2D eigenvalue weighted by atomic mass is 9.79. The van der Waals surface area contributed by atoms with Crippen molar-refractivity contribution in [2.75, 3.05) is 33.7 Å². The van der Waals surface area contributed by atoms with E-state index >= 15 is 0 Å². The fourth-order valence-electron chi connectivity index (χ4n) is 2.55. The Morgan fingerprint density at radius 1 is 1.43 bits per heavy atom. The molecule has 2 fully saturated rings. The summed E-state index contributed by atoms with van der Waals surface area (Å²) in [6.45, 7) is 2.84. The predicted molar refractivity (Wildman–Crippen MR) is 54.6 cm³/mol. The number of amides is 1. The molecule has 2 aliphatic heterocycles. The first kappa shape index (κ1) is 9.93. The fourth-order valence-corrected chi connectivity index (χ4v) is 2.55. The molecule has 1 amide bonds. The van der Waals surface area contributed by atoms with Crippen LogP contribution in [0.15, 0.2) is 0 Å². The Kier molecular flexibility index (Phi) is 2.49. The van der Waals surface area contributed by atoms with Crippen LogP contribution in [0.5, 0.6) is 0 Å². The molecule has 0 aromatic rings. The van der Waals surface area contributed by atoms with E-state index < -0.39 is 0 Å². The van der Waals surface area contributed by atoms with Crippen LogP contribution in [0.25, 0.3) is 0 Å². The predicted octanol–water partition coefficient (Wildman–Crippen LogP) is 0.0651. The van der Waals surface area contributed by atoms with Crippen LogP contribution in [0.2, 0.25) is 0 Å². The molecule has 2 rings (SSSR count). The van der Waals surface area contributed by atoms with Crippen molar-refractivity contribution in [3.05, 3.63) is 0 Å². The third-order valence-corrected chi connectivity index (χ3v) is 3.49. The van der Waals surface area contributed by atoms with Crippen LogP contribution in [0, 0.1) is 5.41 Å². The van der Waals surface area contributed by atoms with Crippen molar-refractivity contribution in [2.45, 2.75) is 19.3 Å². The van der Waals surface area contributed by atoms with E-state index in [0.29, 0.717) is 0 Å². The van der Waals surface area contributed by atoms with Crippen LogP contribution in [0.1, 0.15) is 19.3 Å². The van der Waals surface area contributed by atoms with E-state index in [0.717, 1.165) is 38.9 Å². The molecule has 0 aromatic carbocycles. The van der Waals surface area contributed by atoms with Crippen LogP contribution in [-0.2, 0) is 4.79 Å². The first-order valence-corrected chi connectivity index (χ1v) is 5.35. The molecule has 0 aromatic heterocycles. The van der Waals surface area contributed by atoms with Crippen molar-refractivity contribution >= 4 is 5.91 Å². The van der Waals surface area contributed by atoms with E-state index in [1.807, 2.05) is 14.1 Å². The molecule has 1 atom stereocenters. The first-order chi connectivity index (χ1) is 6.64. The van der Waals surface area contributed by atoms with Gasteiger partial charge in [0.1, 0.15) is 0 Å². The third-order valence-electron chi connectivity index (χ3n) is 3.49. The lowest BCUT2D eigenvalue weighted by Crippen LogP contribution is -2.51. The van der Waals surface area contributed by atoms with Crippen molar-refractivity contribution in [2.24, 2.45) is 5.41 Å². The van der Waals surface area contributed by atoms with Crippen molar-refractivity contribution in [1.29, 1.82) is 0 Å². The van der Waals surface area contributed by atoms with Gasteiger partial charge in [0.15, 0.2) is 0 Å². The maximum Gasteiger partial charge on any atom is 0.227 e. The Hall–Kier alpha value is -0.610. The molecule has 14 heavy (non-hydrogen) atoms. The summed E-state index contributed by atoms with van der Waals surface area (Å²) in [6.07, 6.45) is 3.20. The van der Waals surface area contributed by atoms with E-state index in [1.165, 1.54) is 0 Å². The molecule has 0 radical (unpaired) electrons. The van der Waals surface area contributed by atoms with Crippen molar-refractivity contribution in [3.63, 3.8) is 0 Å². The number of piperidine rings is 1. The zero-order valence-corrected chi connectivity index (χ0v) is 9.05. The molecule has 4 heteroatoms. The Labute approximate surface area is 85.2 Å². The summed E-state index contributed by atoms with van der Waals surface area (Å²) in [6, 6.07) is 0. The fraction of sp³-hybridized carbons (Fsp3) is 0.900. The summed E-state index contributed by atoms with van der Waals surface area (Å²) in [5.74, 6) is 0.268. The average molecular weight is 197 g/mol. The Morgan fingerprint density at radius 3 is 2.79 bits per heavy atom. The van der Waals surface area contributed by atoms with E-state index in [9.17, 15) is 4.79 Å². The minimum Gasteiger partial charge on any atom is -0.356 e. The maximum atomic E-state index is 11.8. The highest BCUT2D eigenvalue weighted by atomic mass is 16.2. The molecule has 1 spiro atoms. The van der Waals surface area contributed by atoms with Gasteiger partial charge in [-0.1, -0.05) is 0 Å². The average Bonchev–Trinajstić information content (AvgIpc) is 2.48.